The van der Waals surface area contributed by atoms with Gasteiger partial charge in [-0.2, -0.15) is 5.10 Å². The topological polar surface area (TPSA) is 27.1 Å². The van der Waals surface area contributed by atoms with Crippen molar-refractivity contribution in [1.29, 1.82) is 0 Å². The summed E-state index contributed by atoms with van der Waals surface area (Å²) in [6, 6.07) is 0. The van der Waals surface area contributed by atoms with Gasteiger partial charge >= 0.3 is 0 Å². The first-order valence-electron chi connectivity index (χ1n) is 4.09. The van der Waals surface area contributed by atoms with Crippen molar-refractivity contribution in [3.8, 4) is 0 Å². The fraction of sp³-hybridized carbons (Fsp3) is 0.444. The maximum atomic E-state index is 4.99. The van der Waals surface area contributed by atoms with Crippen molar-refractivity contribution in [2.45, 2.75) is 13.0 Å². The molecule has 1 heterocycles. The van der Waals surface area contributed by atoms with Gasteiger partial charge in [0.2, 0.25) is 0 Å². The number of halogens is 1. The molecule has 0 saturated heterocycles. The largest absolute Gasteiger partial charge is 0.383 e. The van der Waals surface area contributed by atoms with Gasteiger partial charge in [-0.25, -0.2) is 0 Å². The highest BCUT2D eigenvalue weighted by Crippen LogP contribution is 2.16. The summed E-state index contributed by atoms with van der Waals surface area (Å²) < 4.78 is 7.94. The molecule has 0 unspecified atom stereocenters. The summed E-state index contributed by atoms with van der Waals surface area (Å²) in [7, 11) is 1.69. The van der Waals surface area contributed by atoms with Crippen LogP contribution >= 0.6 is 15.9 Å². The molecule has 0 N–H and O–H groups in total. The number of hydrogen-bond donors (Lipinski definition) is 0. The third kappa shape index (κ3) is 2.67. The molecule has 0 aromatic carbocycles. The lowest BCUT2D eigenvalue weighted by Gasteiger charge is -2.04. The first kappa shape index (κ1) is 10.5. The van der Waals surface area contributed by atoms with Gasteiger partial charge in [0.1, 0.15) is 0 Å². The Balaban J connectivity index is 2.74. The van der Waals surface area contributed by atoms with E-state index in [0.717, 1.165) is 23.1 Å². The summed E-state index contributed by atoms with van der Waals surface area (Å²) >= 11 is 3.44. The summed E-state index contributed by atoms with van der Waals surface area (Å²) in [5, 5.41) is 4.21. The Bertz CT molecular complexity index is 283. The second kappa shape index (κ2) is 5.19. The van der Waals surface area contributed by atoms with Gasteiger partial charge in [-0.15, -0.1) is 6.58 Å². The van der Waals surface area contributed by atoms with E-state index < -0.39 is 0 Å². The van der Waals surface area contributed by atoms with Crippen LogP contribution in [-0.2, 0) is 17.7 Å². The van der Waals surface area contributed by atoms with E-state index in [1.807, 2.05) is 10.8 Å². The van der Waals surface area contributed by atoms with Crippen molar-refractivity contribution >= 4 is 15.9 Å². The molecule has 72 valence electrons. The van der Waals surface area contributed by atoms with Crippen molar-refractivity contribution in [2.24, 2.45) is 0 Å². The van der Waals surface area contributed by atoms with Crippen LogP contribution in [0.15, 0.2) is 23.3 Å². The number of hydrogen-bond acceptors (Lipinski definition) is 2. The molecule has 0 aliphatic rings. The Morgan fingerprint density at radius 1 is 1.77 bits per heavy atom. The zero-order valence-electron chi connectivity index (χ0n) is 7.66. The first-order valence-corrected chi connectivity index (χ1v) is 4.89. The third-order valence-corrected chi connectivity index (χ3v) is 2.41. The smallest absolute Gasteiger partial charge is 0.0658 e. The predicted octanol–water partition coefficient (Wildman–Crippen LogP) is 2.02. The molecular weight excluding hydrogens is 232 g/mol. The molecule has 13 heavy (non-hydrogen) atoms. The van der Waals surface area contributed by atoms with E-state index in [1.54, 1.807) is 13.3 Å². The highest BCUT2D eigenvalue weighted by atomic mass is 79.9. The molecule has 0 aliphatic heterocycles. The molecule has 0 amide bonds. The number of allylic oxidation sites excluding steroid dienone is 1. The molecule has 0 spiro atoms. The average Bonchev–Trinajstić information content (AvgIpc) is 2.46. The number of nitrogens with zero attached hydrogens (tertiary/aromatic N) is 2. The van der Waals surface area contributed by atoms with E-state index in [2.05, 4.69) is 27.6 Å². The van der Waals surface area contributed by atoms with Crippen LogP contribution in [0, 0.1) is 0 Å². The molecule has 0 aliphatic carbocycles. The summed E-state index contributed by atoms with van der Waals surface area (Å²) in [4.78, 5) is 0. The minimum Gasteiger partial charge on any atom is -0.383 e. The number of ether oxygens (including phenoxy) is 1. The average molecular weight is 245 g/mol. The maximum Gasteiger partial charge on any atom is 0.0658 e. The van der Waals surface area contributed by atoms with Gasteiger partial charge < -0.3 is 4.74 Å². The van der Waals surface area contributed by atoms with Gasteiger partial charge in [0.25, 0.3) is 0 Å². The quantitative estimate of drug-likeness (QED) is 0.742. The summed E-state index contributed by atoms with van der Waals surface area (Å²) in [6.07, 6.45) is 4.49. The molecule has 4 heteroatoms. The molecule has 1 aromatic rings. The lowest BCUT2D eigenvalue weighted by molar-refractivity contribution is 0.182. The van der Waals surface area contributed by atoms with Crippen LogP contribution in [0.1, 0.15) is 5.69 Å². The zero-order chi connectivity index (χ0) is 9.68. The monoisotopic (exact) mass is 244 g/mol. The van der Waals surface area contributed by atoms with E-state index in [-0.39, 0.29) is 0 Å². The summed E-state index contributed by atoms with van der Waals surface area (Å²) in [5.74, 6) is 0. The minimum atomic E-state index is 0.679. The standard InChI is InChI=1S/C9H13BrN2O/c1-3-4-9-8(10)7-11-12(9)5-6-13-2/h3,7H,1,4-6H2,2H3. The Labute approximate surface area is 86.5 Å². The molecular formula is C9H13BrN2O. The van der Waals surface area contributed by atoms with Crippen molar-refractivity contribution in [3.05, 3.63) is 29.0 Å². The van der Waals surface area contributed by atoms with Gasteiger partial charge in [-0.05, 0) is 15.9 Å². The number of rotatable bonds is 5. The minimum absolute atomic E-state index is 0.679. The maximum absolute atomic E-state index is 4.99. The predicted molar refractivity (Wildman–Crippen MR) is 55.7 cm³/mol. The van der Waals surface area contributed by atoms with Crippen molar-refractivity contribution in [1.82, 2.24) is 9.78 Å². The van der Waals surface area contributed by atoms with E-state index in [9.17, 15) is 0 Å². The lowest BCUT2D eigenvalue weighted by atomic mass is 10.3. The first-order chi connectivity index (χ1) is 6.29. The van der Waals surface area contributed by atoms with Crippen LogP contribution < -0.4 is 0 Å². The molecule has 1 aromatic heterocycles. The van der Waals surface area contributed by atoms with E-state index in [0.29, 0.717) is 6.61 Å². The highest BCUT2D eigenvalue weighted by Gasteiger charge is 2.05. The molecule has 0 atom stereocenters. The van der Waals surface area contributed by atoms with Crippen molar-refractivity contribution in [2.75, 3.05) is 13.7 Å². The molecule has 0 fully saturated rings. The molecule has 1 rings (SSSR count). The lowest BCUT2D eigenvalue weighted by Crippen LogP contribution is -2.09. The zero-order valence-corrected chi connectivity index (χ0v) is 9.25. The Kier molecular flexibility index (Phi) is 4.18. The number of aromatic nitrogens is 2. The Morgan fingerprint density at radius 3 is 3.15 bits per heavy atom. The Morgan fingerprint density at radius 2 is 2.54 bits per heavy atom. The van der Waals surface area contributed by atoms with Gasteiger partial charge in [0.15, 0.2) is 0 Å². The van der Waals surface area contributed by atoms with Gasteiger partial charge in [0.05, 0.1) is 29.5 Å². The summed E-state index contributed by atoms with van der Waals surface area (Å²) in [5.41, 5.74) is 1.15. The second-order valence-electron chi connectivity index (χ2n) is 2.65. The fourth-order valence-corrected chi connectivity index (χ4v) is 1.56. The Hall–Kier alpha value is -0.610. The van der Waals surface area contributed by atoms with Crippen LogP contribution in [0.25, 0.3) is 0 Å². The van der Waals surface area contributed by atoms with E-state index in [4.69, 9.17) is 4.74 Å². The SMILES string of the molecule is C=CCc1c(Br)cnn1CCOC. The van der Waals surface area contributed by atoms with Crippen LogP contribution in [-0.4, -0.2) is 23.5 Å². The molecule has 0 saturated carbocycles. The van der Waals surface area contributed by atoms with Crippen molar-refractivity contribution < 1.29 is 4.74 Å². The van der Waals surface area contributed by atoms with E-state index in [1.165, 1.54) is 0 Å². The van der Waals surface area contributed by atoms with Gasteiger partial charge in [-0.3, -0.25) is 4.68 Å². The van der Waals surface area contributed by atoms with Crippen LogP contribution in [0.5, 0.6) is 0 Å². The summed E-state index contributed by atoms with van der Waals surface area (Å²) in [6.45, 7) is 5.17. The highest BCUT2D eigenvalue weighted by molar-refractivity contribution is 9.10. The van der Waals surface area contributed by atoms with Gasteiger partial charge in [-0.1, -0.05) is 6.08 Å². The fourth-order valence-electron chi connectivity index (χ4n) is 1.10. The van der Waals surface area contributed by atoms with Crippen LogP contribution in [0.3, 0.4) is 0 Å². The van der Waals surface area contributed by atoms with Crippen LogP contribution in [0.2, 0.25) is 0 Å². The molecule has 0 bridgehead atoms. The normalized spacial score (nSPS) is 10.3. The number of methoxy groups -OCH3 is 1. The second-order valence-corrected chi connectivity index (χ2v) is 3.50. The van der Waals surface area contributed by atoms with E-state index >= 15 is 0 Å². The molecule has 0 radical (unpaired) electrons. The third-order valence-electron chi connectivity index (χ3n) is 1.74. The van der Waals surface area contributed by atoms with Gasteiger partial charge in [0, 0.05) is 13.5 Å². The van der Waals surface area contributed by atoms with Crippen molar-refractivity contribution in [3.63, 3.8) is 0 Å². The van der Waals surface area contributed by atoms with Crippen LogP contribution in [0.4, 0.5) is 0 Å². The molecule has 3 nitrogen and oxygen atoms in total.